The fraction of sp³-hybridized carbons (Fsp3) is 0.0714. The number of para-hydroxylation sites is 1. The summed E-state index contributed by atoms with van der Waals surface area (Å²) in [5.41, 5.74) is 7.81. The van der Waals surface area contributed by atoms with Crippen molar-refractivity contribution in [2.75, 3.05) is 0 Å². The molecule has 0 amide bonds. The van der Waals surface area contributed by atoms with Crippen LogP contribution in [0.4, 0.5) is 0 Å². The molecule has 0 bridgehead atoms. The molecule has 1 aromatic carbocycles. The van der Waals surface area contributed by atoms with Gasteiger partial charge in [-0.2, -0.15) is 0 Å². The quantitative estimate of drug-likeness (QED) is 0.786. The van der Waals surface area contributed by atoms with Crippen molar-refractivity contribution in [1.29, 1.82) is 0 Å². The summed E-state index contributed by atoms with van der Waals surface area (Å²) in [5.74, 6) is 0.718. The predicted octanol–water partition coefficient (Wildman–Crippen LogP) is 3.64. The highest BCUT2D eigenvalue weighted by Crippen LogP contribution is 2.28. The van der Waals surface area contributed by atoms with Crippen molar-refractivity contribution < 1.29 is 4.42 Å². The van der Waals surface area contributed by atoms with Gasteiger partial charge in [-0.05, 0) is 40.2 Å². The van der Waals surface area contributed by atoms with Crippen molar-refractivity contribution in [3.8, 4) is 0 Å². The van der Waals surface area contributed by atoms with Crippen LogP contribution in [-0.2, 0) is 0 Å². The van der Waals surface area contributed by atoms with Crippen molar-refractivity contribution >= 4 is 26.9 Å². The van der Waals surface area contributed by atoms with E-state index in [1.54, 1.807) is 6.20 Å². The number of nitrogens with zero attached hydrogens (tertiary/aromatic N) is 1. The summed E-state index contributed by atoms with van der Waals surface area (Å²) >= 11 is 3.45. The second-order valence-corrected chi connectivity index (χ2v) is 4.89. The molecule has 18 heavy (non-hydrogen) atoms. The lowest BCUT2D eigenvalue weighted by Crippen LogP contribution is -2.13. The molecule has 0 radical (unpaired) electrons. The van der Waals surface area contributed by atoms with Crippen molar-refractivity contribution in [3.05, 3.63) is 64.6 Å². The van der Waals surface area contributed by atoms with Crippen LogP contribution in [0.25, 0.3) is 11.0 Å². The Morgan fingerprint density at radius 2 is 2.00 bits per heavy atom. The minimum absolute atomic E-state index is 0.368. The number of fused-ring (bicyclic) bond motifs is 1. The lowest BCUT2D eigenvalue weighted by molar-refractivity contribution is 0.520. The number of halogens is 1. The van der Waals surface area contributed by atoms with Gasteiger partial charge in [0.25, 0.3) is 0 Å². The van der Waals surface area contributed by atoms with Crippen LogP contribution in [0.5, 0.6) is 0 Å². The maximum Gasteiger partial charge on any atom is 0.134 e. The highest BCUT2D eigenvalue weighted by Gasteiger charge is 2.17. The molecule has 0 saturated heterocycles. The summed E-state index contributed by atoms with van der Waals surface area (Å²) in [6.45, 7) is 0. The maximum absolute atomic E-state index is 6.19. The fourth-order valence-electron chi connectivity index (χ4n) is 1.92. The largest absolute Gasteiger partial charge is 0.459 e. The van der Waals surface area contributed by atoms with E-state index in [9.17, 15) is 0 Å². The third-order valence-corrected chi connectivity index (χ3v) is 3.50. The number of hydrogen-bond acceptors (Lipinski definition) is 3. The van der Waals surface area contributed by atoms with Gasteiger partial charge < -0.3 is 10.2 Å². The number of rotatable bonds is 2. The first-order valence-electron chi connectivity index (χ1n) is 5.60. The Balaban J connectivity index is 2.07. The first kappa shape index (κ1) is 11.4. The molecule has 0 aliphatic carbocycles. The normalized spacial score (nSPS) is 12.8. The Bertz CT molecular complexity index is 660. The highest BCUT2D eigenvalue weighted by molar-refractivity contribution is 9.10. The van der Waals surface area contributed by atoms with E-state index in [1.165, 1.54) is 0 Å². The van der Waals surface area contributed by atoms with Crippen LogP contribution < -0.4 is 5.73 Å². The molecule has 2 aromatic heterocycles. The van der Waals surface area contributed by atoms with Gasteiger partial charge >= 0.3 is 0 Å². The lowest BCUT2D eigenvalue weighted by Gasteiger charge is -2.09. The van der Waals surface area contributed by atoms with Gasteiger partial charge in [-0.3, -0.25) is 4.98 Å². The smallest absolute Gasteiger partial charge is 0.134 e. The maximum atomic E-state index is 6.19. The number of benzene rings is 1. The number of pyridine rings is 1. The molecular formula is C14H11BrN2O. The molecular weight excluding hydrogens is 292 g/mol. The van der Waals surface area contributed by atoms with Crippen molar-refractivity contribution in [2.24, 2.45) is 5.73 Å². The summed E-state index contributed by atoms with van der Waals surface area (Å²) in [6.07, 6.45) is 1.72. The zero-order valence-corrected chi connectivity index (χ0v) is 11.1. The Morgan fingerprint density at radius 3 is 2.78 bits per heavy atom. The van der Waals surface area contributed by atoms with Crippen molar-refractivity contribution in [1.82, 2.24) is 4.98 Å². The fourth-order valence-corrected chi connectivity index (χ4v) is 2.42. The van der Waals surface area contributed by atoms with Gasteiger partial charge in [0.2, 0.25) is 0 Å². The zero-order valence-electron chi connectivity index (χ0n) is 9.51. The molecule has 1 atom stereocenters. The Labute approximate surface area is 113 Å². The molecule has 2 N–H and O–H groups in total. The number of aromatic nitrogens is 1. The topological polar surface area (TPSA) is 52.0 Å². The molecule has 0 spiro atoms. The van der Waals surface area contributed by atoms with Crippen LogP contribution in [0.15, 0.2) is 57.6 Å². The summed E-state index contributed by atoms with van der Waals surface area (Å²) in [5, 5.41) is 1.05. The number of nitrogens with two attached hydrogens (primary N) is 1. The van der Waals surface area contributed by atoms with Gasteiger partial charge in [-0.25, -0.2) is 0 Å². The number of furan rings is 1. The summed E-state index contributed by atoms with van der Waals surface area (Å²) in [4.78, 5) is 4.29. The van der Waals surface area contributed by atoms with E-state index in [2.05, 4.69) is 20.9 Å². The molecule has 3 rings (SSSR count). The zero-order chi connectivity index (χ0) is 12.5. The molecule has 1 unspecified atom stereocenters. The summed E-state index contributed by atoms with van der Waals surface area (Å²) in [7, 11) is 0. The van der Waals surface area contributed by atoms with Crippen LogP contribution in [-0.4, -0.2) is 4.98 Å². The van der Waals surface area contributed by atoms with E-state index in [0.29, 0.717) is 0 Å². The van der Waals surface area contributed by atoms with Gasteiger partial charge in [0.15, 0.2) is 0 Å². The average Bonchev–Trinajstić information content (AvgIpc) is 2.82. The van der Waals surface area contributed by atoms with Crippen LogP contribution in [0, 0.1) is 0 Å². The van der Waals surface area contributed by atoms with E-state index in [-0.39, 0.29) is 6.04 Å². The van der Waals surface area contributed by atoms with E-state index >= 15 is 0 Å². The van der Waals surface area contributed by atoms with Gasteiger partial charge in [0.05, 0.1) is 5.69 Å². The van der Waals surface area contributed by atoms with E-state index in [4.69, 9.17) is 10.2 Å². The molecule has 3 aromatic rings. The van der Waals surface area contributed by atoms with E-state index < -0.39 is 0 Å². The van der Waals surface area contributed by atoms with E-state index in [0.717, 1.165) is 26.9 Å². The number of hydrogen-bond donors (Lipinski definition) is 1. The monoisotopic (exact) mass is 302 g/mol. The molecule has 0 saturated carbocycles. The third kappa shape index (κ3) is 1.94. The van der Waals surface area contributed by atoms with Crippen LogP contribution in [0.2, 0.25) is 0 Å². The molecule has 2 heterocycles. The molecule has 4 heteroatoms. The molecule has 3 nitrogen and oxygen atoms in total. The summed E-state index contributed by atoms with van der Waals surface area (Å²) < 4.78 is 6.64. The SMILES string of the molecule is NC(c1cc2ccccc2o1)c1ncccc1Br. The second kappa shape index (κ2) is 4.55. The average molecular weight is 303 g/mol. The van der Waals surface area contributed by atoms with Gasteiger partial charge in [-0.15, -0.1) is 0 Å². The first-order valence-corrected chi connectivity index (χ1v) is 6.39. The highest BCUT2D eigenvalue weighted by atomic mass is 79.9. The third-order valence-electron chi connectivity index (χ3n) is 2.83. The van der Waals surface area contributed by atoms with Crippen LogP contribution in [0.3, 0.4) is 0 Å². The molecule has 0 aliphatic heterocycles. The van der Waals surface area contributed by atoms with Crippen LogP contribution >= 0.6 is 15.9 Å². The van der Waals surface area contributed by atoms with E-state index in [1.807, 2.05) is 42.5 Å². The van der Waals surface area contributed by atoms with Crippen LogP contribution in [0.1, 0.15) is 17.5 Å². The molecule has 0 fully saturated rings. The molecule has 90 valence electrons. The Hall–Kier alpha value is -1.65. The second-order valence-electron chi connectivity index (χ2n) is 4.03. The van der Waals surface area contributed by atoms with Gasteiger partial charge in [-0.1, -0.05) is 18.2 Å². The summed E-state index contributed by atoms with van der Waals surface area (Å²) in [6, 6.07) is 13.2. The van der Waals surface area contributed by atoms with Gasteiger partial charge in [0, 0.05) is 16.1 Å². The Kier molecular flexibility index (Phi) is 2.89. The van der Waals surface area contributed by atoms with Gasteiger partial charge in [0.1, 0.15) is 17.4 Å². The lowest BCUT2D eigenvalue weighted by atomic mass is 10.1. The Morgan fingerprint density at radius 1 is 1.17 bits per heavy atom. The minimum atomic E-state index is -0.368. The standard InChI is InChI=1S/C14H11BrN2O/c15-10-5-3-7-17-14(10)13(16)12-8-9-4-1-2-6-11(9)18-12/h1-8,13H,16H2. The minimum Gasteiger partial charge on any atom is -0.459 e. The molecule has 0 aliphatic rings. The van der Waals surface area contributed by atoms with Crippen molar-refractivity contribution in [2.45, 2.75) is 6.04 Å². The first-order chi connectivity index (χ1) is 8.75. The predicted molar refractivity (Wildman–Crippen MR) is 74.2 cm³/mol. The van der Waals surface area contributed by atoms with Crippen molar-refractivity contribution in [3.63, 3.8) is 0 Å².